The molecule has 0 aliphatic heterocycles. The van der Waals surface area contributed by atoms with Crippen molar-refractivity contribution in [2.24, 2.45) is 0 Å². The Morgan fingerprint density at radius 1 is 1.45 bits per heavy atom. The van der Waals surface area contributed by atoms with Crippen LogP contribution in [0.2, 0.25) is 0 Å². The molecule has 2 rings (SSSR count). The summed E-state index contributed by atoms with van der Waals surface area (Å²) in [6, 6.07) is 4.89. The normalized spacial score (nSPS) is 10.3. The molecule has 2 aromatic rings. The minimum absolute atomic E-state index is 0.189. The zero-order chi connectivity index (χ0) is 14.5. The number of amides is 1. The van der Waals surface area contributed by atoms with E-state index < -0.39 is 0 Å². The second kappa shape index (κ2) is 6.05. The number of benzene rings is 1. The summed E-state index contributed by atoms with van der Waals surface area (Å²) in [6.45, 7) is 4.24. The fourth-order valence-corrected chi connectivity index (χ4v) is 1.68. The lowest BCUT2D eigenvalue weighted by Crippen LogP contribution is -2.23. The van der Waals surface area contributed by atoms with Crippen LogP contribution in [0.15, 0.2) is 22.7 Å². The molecule has 0 radical (unpaired) electrons. The predicted octanol–water partition coefficient (Wildman–Crippen LogP) is 1.29. The van der Waals surface area contributed by atoms with Gasteiger partial charge in [0.15, 0.2) is 5.82 Å². The summed E-state index contributed by atoms with van der Waals surface area (Å²) >= 11 is 0. The first-order chi connectivity index (χ1) is 9.58. The van der Waals surface area contributed by atoms with Crippen molar-refractivity contribution in [2.45, 2.75) is 20.4 Å². The van der Waals surface area contributed by atoms with Crippen molar-refractivity contribution in [3.05, 3.63) is 35.5 Å². The number of aromatic nitrogens is 2. The summed E-state index contributed by atoms with van der Waals surface area (Å²) < 4.78 is 10.2. The van der Waals surface area contributed by atoms with E-state index in [1.54, 1.807) is 25.1 Å². The van der Waals surface area contributed by atoms with Crippen molar-refractivity contribution >= 4 is 11.6 Å². The van der Waals surface area contributed by atoms with Gasteiger partial charge in [-0.25, -0.2) is 0 Å². The summed E-state index contributed by atoms with van der Waals surface area (Å²) in [5, 5.41) is 6.39. The van der Waals surface area contributed by atoms with E-state index in [1.165, 1.54) is 0 Å². The minimum atomic E-state index is -0.277. The van der Waals surface area contributed by atoms with Crippen LogP contribution >= 0.6 is 0 Å². The second-order valence-corrected chi connectivity index (χ2v) is 4.14. The van der Waals surface area contributed by atoms with E-state index in [0.29, 0.717) is 35.3 Å². The molecular weight excluding hydrogens is 260 g/mol. The largest absolute Gasteiger partial charge is 0.494 e. The number of ether oxygens (including phenoxy) is 1. The lowest BCUT2D eigenvalue weighted by atomic mass is 10.1. The molecule has 0 saturated carbocycles. The third-order valence-electron chi connectivity index (χ3n) is 2.48. The average molecular weight is 276 g/mol. The third kappa shape index (κ3) is 3.47. The van der Waals surface area contributed by atoms with Gasteiger partial charge in [-0.1, -0.05) is 5.16 Å². The Kier molecular flexibility index (Phi) is 4.19. The number of carbonyl (C=O) groups excluding carboxylic acids is 1. The van der Waals surface area contributed by atoms with Crippen molar-refractivity contribution in [3.8, 4) is 5.75 Å². The van der Waals surface area contributed by atoms with E-state index in [4.69, 9.17) is 15.0 Å². The van der Waals surface area contributed by atoms with Gasteiger partial charge in [-0.2, -0.15) is 4.98 Å². The lowest BCUT2D eigenvalue weighted by Gasteiger charge is -2.08. The van der Waals surface area contributed by atoms with Crippen molar-refractivity contribution in [3.63, 3.8) is 0 Å². The molecule has 1 amide bonds. The number of nitrogens with zero attached hydrogens (tertiary/aromatic N) is 2. The Bertz CT molecular complexity index is 609. The number of aryl methyl sites for hydroxylation is 1. The maximum absolute atomic E-state index is 12.0. The van der Waals surface area contributed by atoms with Crippen LogP contribution in [-0.4, -0.2) is 22.7 Å². The standard InChI is InChI=1S/C13H16N4O3/c1-3-19-11-5-9(4-10(14)6-11)13(18)15-7-12-16-8(2)20-17-12/h4-6H,3,7,14H2,1-2H3,(H,15,18). The van der Waals surface area contributed by atoms with E-state index in [-0.39, 0.29) is 12.5 Å². The number of carbonyl (C=O) groups is 1. The number of hydrogen-bond donors (Lipinski definition) is 2. The van der Waals surface area contributed by atoms with Gasteiger partial charge in [0, 0.05) is 24.2 Å². The lowest BCUT2D eigenvalue weighted by molar-refractivity contribution is 0.0949. The molecule has 0 atom stereocenters. The van der Waals surface area contributed by atoms with E-state index >= 15 is 0 Å². The number of hydrogen-bond acceptors (Lipinski definition) is 6. The molecular formula is C13H16N4O3. The molecule has 0 aliphatic carbocycles. The highest BCUT2D eigenvalue weighted by atomic mass is 16.5. The van der Waals surface area contributed by atoms with Crippen LogP contribution in [0.4, 0.5) is 5.69 Å². The van der Waals surface area contributed by atoms with Crippen LogP contribution in [0.1, 0.15) is 29.0 Å². The maximum atomic E-state index is 12.0. The molecule has 1 aromatic carbocycles. The molecule has 20 heavy (non-hydrogen) atoms. The van der Waals surface area contributed by atoms with Crippen molar-refractivity contribution in [2.75, 3.05) is 12.3 Å². The number of nitrogens with one attached hydrogen (secondary N) is 1. The zero-order valence-electron chi connectivity index (χ0n) is 11.3. The first-order valence-electron chi connectivity index (χ1n) is 6.19. The molecule has 1 aromatic heterocycles. The van der Waals surface area contributed by atoms with Gasteiger partial charge in [-0.3, -0.25) is 4.79 Å². The minimum Gasteiger partial charge on any atom is -0.494 e. The smallest absolute Gasteiger partial charge is 0.251 e. The number of anilines is 1. The van der Waals surface area contributed by atoms with Crippen LogP contribution in [0.25, 0.3) is 0 Å². The Morgan fingerprint density at radius 2 is 2.25 bits per heavy atom. The molecule has 0 unspecified atom stereocenters. The van der Waals surface area contributed by atoms with E-state index in [2.05, 4.69) is 15.5 Å². The highest BCUT2D eigenvalue weighted by molar-refractivity contribution is 5.95. The van der Waals surface area contributed by atoms with Crippen molar-refractivity contribution < 1.29 is 14.1 Å². The summed E-state index contributed by atoms with van der Waals surface area (Å²) in [5.41, 5.74) is 6.63. The molecule has 7 heteroatoms. The summed E-state index contributed by atoms with van der Waals surface area (Å²) in [7, 11) is 0. The number of rotatable bonds is 5. The van der Waals surface area contributed by atoms with Crippen LogP contribution in [0.5, 0.6) is 5.75 Å². The fourth-order valence-electron chi connectivity index (χ4n) is 1.68. The third-order valence-corrected chi connectivity index (χ3v) is 2.48. The van der Waals surface area contributed by atoms with Crippen LogP contribution in [0.3, 0.4) is 0 Å². The molecule has 7 nitrogen and oxygen atoms in total. The van der Waals surface area contributed by atoms with Gasteiger partial charge in [-0.15, -0.1) is 0 Å². The molecule has 0 spiro atoms. The topological polar surface area (TPSA) is 103 Å². The zero-order valence-corrected chi connectivity index (χ0v) is 11.3. The Labute approximate surface area is 116 Å². The Hall–Kier alpha value is -2.57. The average Bonchev–Trinajstić information content (AvgIpc) is 2.81. The SMILES string of the molecule is CCOc1cc(N)cc(C(=O)NCc2noc(C)n2)c1. The molecule has 0 fully saturated rings. The predicted molar refractivity (Wildman–Crippen MR) is 72.2 cm³/mol. The molecule has 3 N–H and O–H groups in total. The monoisotopic (exact) mass is 276 g/mol. The Morgan fingerprint density at radius 3 is 2.90 bits per heavy atom. The van der Waals surface area contributed by atoms with Gasteiger partial charge in [0.1, 0.15) is 5.75 Å². The van der Waals surface area contributed by atoms with E-state index in [9.17, 15) is 4.79 Å². The maximum Gasteiger partial charge on any atom is 0.251 e. The quantitative estimate of drug-likeness (QED) is 0.797. The summed E-state index contributed by atoms with van der Waals surface area (Å²) in [5.74, 6) is 1.16. The Balaban J connectivity index is 2.04. The van der Waals surface area contributed by atoms with Gasteiger partial charge in [0.25, 0.3) is 5.91 Å². The van der Waals surface area contributed by atoms with Crippen LogP contribution in [0, 0.1) is 6.92 Å². The van der Waals surface area contributed by atoms with E-state index in [1.807, 2.05) is 6.92 Å². The van der Waals surface area contributed by atoms with Gasteiger partial charge < -0.3 is 20.3 Å². The van der Waals surface area contributed by atoms with Crippen molar-refractivity contribution in [1.29, 1.82) is 0 Å². The highest BCUT2D eigenvalue weighted by Crippen LogP contribution is 2.19. The first kappa shape index (κ1) is 13.9. The highest BCUT2D eigenvalue weighted by Gasteiger charge is 2.10. The molecule has 0 bridgehead atoms. The fraction of sp³-hybridized carbons (Fsp3) is 0.308. The van der Waals surface area contributed by atoms with E-state index in [0.717, 1.165) is 0 Å². The molecule has 0 aliphatic rings. The van der Waals surface area contributed by atoms with Gasteiger partial charge in [-0.05, 0) is 19.1 Å². The molecule has 0 saturated heterocycles. The second-order valence-electron chi connectivity index (χ2n) is 4.14. The van der Waals surface area contributed by atoms with Gasteiger partial charge >= 0.3 is 0 Å². The first-order valence-corrected chi connectivity index (χ1v) is 6.19. The summed E-state index contributed by atoms with van der Waals surface area (Å²) in [6.07, 6.45) is 0. The molecule has 106 valence electrons. The van der Waals surface area contributed by atoms with Crippen molar-refractivity contribution in [1.82, 2.24) is 15.5 Å². The summed E-state index contributed by atoms with van der Waals surface area (Å²) in [4.78, 5) is 16.0. The number of nitrogen functional groups attached to an aromatic ring is 1. The molecule has 1 heterocycles. The van der Waals surface area contributed by atoms with Gasteiger partial charge in [0.05, 0.1) is 13.2 Å². The van der Waals surface area contributed by atoms with Crippen LogP contribution in [-0.2, 0) is 6.54 Å². The van der Waals surface area contributed by atoms with Crippen LogP contribution < -0.4 is 15.8 Å². The number of nitrogens with two attached hydrogens (primary N) is 1. The van der Waals surface area contributed by atoms with Gasteiger partial charge in [0.2, 0.25) is 5.89 Å².